The summed E-state index contributed by atoms with van der Waals surface area (Å²) in [6.07, 6.45) is 0. The highest BCUT2D eigenvalue weighted by Crippen LogP contribution is 2.51. The first-order valence-electron chi connectivity index (χ1n) is 17.8. The molecule has 0 saturated carbocycles. The summed E-state index contributed by atoms with van der Waals surface area (Å²) in [5.74, 6) is 0. The molecular weight excluding hydrogens is 617 g/mol. The fourth-order valence-electron chi connectivity index (χ4n) is 8.47. The Morgan fingerprint density at radius 2 is 1.08 bits per heavy atom. The molecule has 0 N–H and O–H groups in total. The van der Waals surface area contributed by atoms with Crippen molar-refractivity contribution in [2.24, 2.45) is 0 Å². The second kappa shape index (κ2) is 11.3. The molecule has 0 saturated heterocycles. The average Bonchev–Trinajstić information content (AvgIpc) is 3.63. The highest BCUT2D eigenvalue weighted by Gasteiger charge is 2.35. The number of fused-ring (bicyclic) bond motifs is 7. The van der Waals surface area contributed by atoms with Gasteiger partial charge in [0.2, 0.25) is 0 Å². The molecule has 242 valence electrons. The lowest BCUT2D eigenvalue weighted by molar-refractivity contribution is 0.660. The normalized spacial score (nSPS) is 13.1. The zero-order valence-electron chi connectivity index (χ0n) is 28.7. The Morgan fingerprint density at radius 3 is 1.94 bits per heavy atom. The number of anilines is 3. The van der Waals surface area contributed by atoms with Gasteiger partial charge in [-0.05, 0) is 99.4 Å². The molecule has 0 bridgehead atoms. The minimum absolute atomic E-state index is 0.0848. The van der Waals surface area contributed by atoms with E-state index in [9.17, 15) is 0 Å². The predicted octanol–water partition coefficient (Wildman–Crippen LogP) is 13.4. The summed E-state index contributed by atoms with van der Waals surface area (Å²) in [6.45, 7) is 4.71. The van der Waals surface area contributed by atoms with E-state index in [1.165, 1.54) is 77.3 Å². The van der Waals surface area contributed by atoms with Gasteiger partial charge in [0.15, 0.2) is 0 Å². The number of hydrogen-bond acceptors (Lipinski definition) is 1. The van der Waals surface area contributed by atoms with Crippen molar-refractivity contribution in [2.75, 3.05) is 4.90 Å². The van der Waals surface area contributed by atoms with Gasteiger partial charge in [-0.3, -0.25) is 0 Å². The van der Waals surface area contributed by atoms with Gasteiger partial charge in [0.05, 0.1) is 16.7 Å². The third kappa shape index (κ3) is 4.57. The van der Waals surface area contributed by atoms with Crippen LogP contribution < -0.4 is 4.90 Å². The van der Waals surface area contributed by atoms with Gasteiger partial charge < -0.3 is 9.47 Å². The van der Waals surface area contributed by atoms with Crippen molar-refractivity contribution in [1.29, 1.82) is 0 Å². The Kier molecular flexibility index (Phi) is 6.56. The van der Waals surface area contributed by atoms with Gasteiger partial charge in [-0.15, -0.1) is 0 Å². The van der Waals surface area contributed by atoms with E-state index in [0.717, 1.165) is 11.4 Å². The summed E-state index contributed by atoms with van der Waals surface area (Å²) in [6, 6.07) is 66.6. The summed E-state index contributed by atoms with van der Waals surface area (Å²) in [7, 11) is 0. The van der Waals surface area contributed by atoms with Gasteiger partial charge in [-0.25, -0.2) is 0 Å². The first kappa shape index (κ1) is 29.5. The lowest BCUT2D eigenvalue weighted by atomic mass is 9.82. The predicted molar refractivity (Wildman–Crippen MR) is 216 cm³/mol. The molecule has 1 aliphatic rings. The van der Waals surface area contributed by atoms with E-state index in [1.807, 2.05) is 0 Å². The molecule has 2 nitrogen and oxygen atoms in total. The monoisotopic (exact) mass is 652 g/mol. The Labute approximate surface area is 298 Å². The zero-order chi connectivity index (χ0) is 34.1. The largest absolute Gasteiger partial charge is 0.310 e. The second-order valence-corrected chi connectivity index (χ2v) is 14.2. The van der Waals surface area contributed by atoms with Gasteiger partial charge >= 0.3 is 0 Å². The van der Waals surface area contributed by atoms with Crippen molar-refractivity contribution in [2.45, 2.75) is 19.3 Å². The van der Waals surface area contributed by atoms with Gasteiger partial charge in [0.1, 0.15) is 0 Å². The minimum atomic E-state index is -0.0848. The number of benzene rings is 8. The molecule has 0 atom stereocenters. The molecule has 0 aliphatic heterocycles. The third-order valence-corrected chi connectivity index (χ3v) is 11.0. The first-order chi connectivity index (χ1) is 25.1. The zero-order valence-corrected chi connectivity index (χ0v) is 28.7. The van der Waals surface area contributed by atoms with E-state index in [2.05, 4.69) is 205 Å². The highest BCUT2D eigenvalue weighted by atomic mass is 15.1. The summed E-state index contributed by atoms with van der Waals surface area (Å²) in [5, 5.41) is 4.98. The van der Waals surface area contributed by atoms with E-state index >= 15 is 0 Å². The lowest BCUT2D eigenvalue weighted by Gasteiger charge is -2.29. The van der Waals surface area contributed by atoms with Crippen molar-refractivity contribution in [3.63, 3.8) is 0 Å². The summed E-state index contributed by atoms with van der Waals surface area (Å²) in [4.78, 5) is 2.43. The van der Waals surface area contributed by atoms with Gasteiger partial charge in [0.25, 0.3) is 0 Å². The minimum Gasteiger partial charge on any atom is -0.310 e. The van der Waals surface area contributed by atoms with Crippen molar-refractivity contribution in [3.05, 3.63) is 193 Å². The van der Waals surface area contributed by atoms with Crippen LogP contribution in [0.2, 0.25) is 0 Å². The van der Waals surface area contributed by atoms with Gasteiger partial charge in [0, 0.05) is 38.6 Å². The van der Waals surface area contributed by atoms with Crippen molar-refractivity contribution in [1.82, 2.24) is 4.57 Å². The smallest absolute Gasteiger partial charge is 0.0541 e. The summed E-state index contributed by atoms with van der Waals surface area (Å²) < 4.78 is 2.37. The molecular formula is C49H36N2. The fraction of sp³-hybridized carbons (Fsp3) is 0.0612. The molecule has 0 unspecified atom stereocenters. The van der Waals surface area contributed by atoms with E-state index < -0.39 is 0 Å². The van der Waals surface area contributed by atoms with Crippen LogP contribution >= 0.6 is 0 Å². The van der Waals surface area contributed by atoms with Crippen LogP contribution in [0.4, 0.5) is 17.1 Å². The maximum atomic E-state index is 2.43. The molecule has 0 amide bonds. The molecule has 0 spiro atoms. The number of rotatable bonds is 5. The fourth-order valence-corrected chi connectivity index (χ4v) is 8.47. The van der Waals surface area contributed by atoms with Crippen LogP contribution in [-0.2, 0) is 5.41 Å². The van der Waals surface area contributed by atoms with Gasteiger partial charge in [-0.2, -0.15) is 0 Å². The number of nitrogens with zero attached hydrogens (tertiary/aromatic N) is 2. The number of aromatic nitrogens is 1. The molecule has 0 fully saturated rings. The molecule has 0 radical (unpaired) electrons. The Bertz CT molecular complexity index is 2760. The summed E-state index contributed by atoms with van der Waals surface area (Å²) in [5.41, 5.74) is 14.8. The Hall–Kier alpha value is -6.38. The topological polar surface area (TPSA) is 8.17 Å². The van der Waals surface area contributed by atoms with Crippen molar-refractivity contribution >= 4 is 49.6 Å². The average molecular weight is 653 g/mol. The molecule has 2 heteroatoms. The highest BCUT2D eigenvalue weighted by molar-refractivity contribution is 6.10. The van der Waals surface area contributed by atoms with Crippen LogP contribution in [0.3, 0.4) is 0 Å². The van der Waals surface area contributed by atoms with E-state index in [0.29, 0.717) is 0 Å². The standard InChI is InChI=1S/C49H36N2/c1-49(2)44-20-10-8-18-40(44)41-29-28-38(32-45(41)49)50(46-22-12-14-34-13-6-7-17-39(34)46)37-26-23-33(24-27-37)35-25-30-48-43(31-35)42-19-9-11-21-47(42)51(48)36-15-4-3-5-16-36/h3-32H,1-2H3. The second-order valence-electron chi connectivity index (χ2n) is 14.2. The molecule has 51 heavy (non-hydrogen) atoms. The number of hydrogen-bond donors (Lipinski definition) is 0. The maximum Gasteiger partial charge on any atom is 0.0541 e. The third-order valence-electron chi connectivity index (χ3n) is 11.0. The molecule has 1 heterocycles. The maximum absolute atomic E-state index is 2.43. The van der Waals surface area contributed by atoms with Crippen LogP contribution in [0.1, 0.15) is 25.0 Å². The van der Waals surface area contributed by atoms with Crippen LogP contribution in [0.25, 0.3) is 60.5 Å². The van der Waals surface area contributed by atoms with Crippen molar-refractivity contribution in [3.8, 4) is 27.9 Å². The van der Waals surface area contributed by atoms with Crippen LogP contribution in [0.5, 0.6) is 0 Å². The van der Waals surface area contributed by atoms with Crippen LogP contribution in [0, 0.1) is 0 Å². The molecule has 1 aliphatic carbocycles. The quantitative estimate of drug-likeness (QED) is 0.180. The number of para-hydroxylation sites is 2. The molecule has 1 aromatic heterocycles. The Morgan fingerprint density at radius 1 is 0.431 bits per heavy atom. The van der Waals surface area contributed by atoms with Crippen molar-refractivity contribution < 1.29 is 0 Å². The lowest BCUT2D eigenvalue weighted by Crippen LogP contribution is -2.16. The first-order valence-corrected chi connectivity index (χ1v) is 17.8. The van der Waals surface area contributed by atoms with E-state index in [-0.39, 0.29) is 5.41 Å². The van der Waals surface area contributed by atoms with Crippen LogP contribution in [-0.4, -0.2) is 4.57 Å². The Balaban J connectivity index is 1.11. The molecule has 9 aromatic rings. The molecule has 10 rings (SSSR count). The molecule has 8 aromatic carbocycles. The van der Waals surface area contributed by atoms with E-state index in [1.54, 1.807) is 0 Å². The van der Waals surface area contributed by atoms with Gasteiger partial charge in [-0.1, -0.05) is 135 Å². The SMILES string of the molecule is CC1(C)c2ccccc2-c2ccc(N(c3ccc(-c4ccc5c(c4)c4ccccc4n5-c4ccccc4)cc3)c3cccc4ccccc34)cc21. The summed E-state index contributed by atoms with van der Waals surface area (Å²) >= 11 is 0. The van der Waals surface area contributed by atoms with Crippen LogP contribution in [0.15, 0.2) is 182 Å². The van der Waals surface area contributed by atoms with E-state index in [4.69, 9.17) is 0 Å².